The highest BCUT2D eigenvalue weighted by Gasteiger charge is 2.57. The molecular formula is C30H24ClN3O6S2. The van der Waals surface area contributed by atoms with Crippen molar-refractivity contribution in [3.8, 4) is 11.5 Å². The minimum absolute atomic E-state index is 0.263. The molecule has 2 aliphatic rings. The topological polar surface area (TPSA) is 107 Å². The second kappa shape index (κ2) is 11.3. The molecule has 3 heterocycles. The molecule has 9 nitrogen and oxygen atoms in total. The summed E-state index contributed by atoms with van der Waals surface area (Å²) in [5.74, 6) is -1.57. The number of imide groups is 1. The first-order valence-corrected chi connectivity index (χ1v) is 15.0. The number of benzene rings is 3. The SMILES string of the molecule is COc1ccc(C2c3sc(=O)n(CC(=O)Nc4ccc(Cl)cc4)c3SC3C(=O)N(c4ccccc4)C(=O)C32)cc1OC. The first kappa shape index (κ1) is 28.1. The highest BCUT2D eigenvalue weighted by atomic mass is 35.5. The van der Waals surface area contributed by atoms with Crippen LogP contribution in [0.15, 0.2) is 82.6 Å². The molecular weight excluding hydrogens is 598 g/mol. The predicted molar refractivity (Wildman–Crippen MR) is 162 cm³/mol. The Balaban J connectivity index is 1.43. The van der Waals surface area contributed by atoms with Gasteiger partial charge in [-0.3, -0.25) is 23.7 Å². The molecule has 1 N–H and O–H groups in total. The van der Waals surface area contributed by atoms with Gasteiger partial charge in [-0.2, -0.15) is 0 Å². The minimum Gasteiger partial charge on any atom is -0.493 e. The fraction of sp³-hybridized carbons (Fsp3) is 0.200. The molecule has 2 aliphatic heterocycles. The zero-order chi connectivity index (χ0) is 29.5. The Bertz CT molecular complexity index is 1760. The number of aromatic nitrogens is 1. The minimum atomic E-state index is -0.803. The van der Waals surface area contributed by atoms with Gasteiger partial charge in [0.1, 0.15) is 11.8 Å². The van der Waals surface area contributed by atoms with Gasteiger partial charge in [0.2, 0.25) is 17.7 Å². The average Bonchev–Trinajstić information content (AvgIpc) is 3.44. The second-order valence-electron chi connectivity index (χ2n) is 9.68. The van der Waals surface area contributed by atoms with Crippen LogP contribution in [-0.4, -0.2) is 41.8 Å². The van der Waals surface area contributed by atoms with Crippen LogP contribution in [0.5, 0.6) is 11.5 Å². The molecule has 1 aromatic heterocycles. The molecule has 12 heteroatoms. The van der Waals surface area contributed by atoms with Crippen LogP contribution in [-0.2, 0) is 20.9 Å². The summed E-state index contributed by atoms with van der Waals surface area (Å²) < 4.78 is 12.3. The zero-order valence-corrected chi connectivity index (χ0v) is 24.8. The third kappa shape index (κ3) is 4.87. The number of carbonyl (C=O) groups excluding carboxylic acids is 3. The summed E-state index contributed by atoms with van der Waals surface area (Å²) in [5.41, 5.74) is 1.71. The van der Waals surface area contributed by atoms with Crippen molar-refractivity contribution in [1.29, 1.82) is 0 Å². The lowest BCUT2D eigenvalue weighted by atomic mass is 9.83. The third-order valence-electron chi connectivity index (χ3n) is 7.26. The Morgan fingerprint density at radius 1 is 0.929 bits per heavy atom. The van der Waals surface area contributed by atoms with Gasteiger partial charge >= 0.3 is 4.87 Å². The first-order chi connectivity index (χ1) is 20.3. The van der Waals surface area contributed by atoms with E-state index >= 15 is 0 Å². The van der Waals surface area contributed by atoms with E-state index in [1.54, 1.807) is 60.7 Å². The van der Waals surface area contributed by atoms with E-state index in [4.69, 9.17) is 21.1 Å². The van der Waals surface area contributed by atoms with Crippen molar-refractivity contribution in [3.63, 3.8) is 0 Å². The summed E-state index contributed by atoms with van der Waals surface area (Å²) in [4.78, 5) is 55.7. The van der Waals surface area contributed by atoms with E-state index in [1.807, 2.05) is 12.1 Å². The summed E-state index contributed by atoms with van der Waals surface area (Å²) in [6, 6.07) is 20.7. The number of amides is 3. The van der Waals surface area contributed by atoms with Gasteiger partial charge in [0.25, 0.3) is 0 Å². The third-order valence-corrected chi connectivity index (χ3v) is 10.1. The lowest BCUT2D eigenvalue weighted by Gasteiger charge is -2.31. The molecule has 42 heavy (non-hydrogen) atoms. The summed E-state index contributed by atoms with van der Waals surface area (Å²) in [6.45, 7) is -0.263. The van der Waals surface area contributed by atoms with Crippen molar-refractivity contribution in [2.45, 2.75) is 22.7 Å². The summed E-state index contributed by atoms with van der Waals surface area (Å²) in [7, 11) is 3.04. The quantitative estimate of drug-likeness (QED) is 0.289. The summed E-state index contributed by atoms with van der Waals surface area (Å²) >= 11 is 8.09. The van der Waals surface area contributed by atoms with Gasteiger partial charge in [0, 0.05) is 21.5 Å². The van der Waals surface area contributed by atoms with E-state index in [0.717, 1.165) is 23.1 Å². The monoisotopic (exact) mass is 621 g/mol. The number of methoxy groups -OCH3 is 2. The Hall–Kier alpha value is -4.06. The van der Waals surface area contributed by atoms with Crippen molar-refractivity contribution < 1.29 is 23.9 Å². The van der Waals surface area contributed by atoms with Crippen LogP contribution < -0.4 is 24.6 Å². The van der Waals surface area contributed by atoms with Gasteiger partial charge in [-0.25, -0.2) is 4.90 Å². The maximum atomic E-state index is 14.0. The number of rotatable bonds is 7. The molecule has 0 radical (unpaired) electrons. The molecule has 4 aromatic rings. The average molecular weight is 622 g/mol. The Morgan fingerprint density at radius 2 is 1.64 bits per heavy atom. The molecule has 1 saturated heterocycles. The van der Waals surface area contributed by atoms with Crippen LogP contribution in [0, 0.1) is 5.92 Å². The number of thiazole rings is 1. The van der Waals surface area contributed by atoms with Gasteiger partial charge < -0.3 is 14.8 Å². The predicted octanol–water partition coefficient (Wildman–Crippen LogP) is 5.01. The van der Waals surface area contributed by atoms with Crippen LogP contribution in [0.1, 0.15) is 16.4 Å². The van der Waals surface area contributed by atoms with Crippen LogP contribution in [0.3, 0.4) is 0 Å². The summed E-state index contributed by atoms with van der Waals surface area (Å²) in [5, 5.41) is 3.00. The number of anilines is 2. The number of ether oxygens (including phenoxy) is 2. The number of hydrogen-bond acceptors (Lipinski definition) is 8. The van der Waals surface area contributed by atoms with Gasteiger partial charge in [0.15, 0.2) is 11.5 Å². The zero-order valence-electron chi connectivity index (χ0n) is 22.4. The van der Waals surface area contributed by atoms with Gasteiger partial charge in [-0.1, -0.05) is 59.0 Å². The van der Waals surface area contributed by atoms with Crippen LogP contribution in [0.2, 0.25) is 5.02 Å². The van der Waals surface area contributed by atoms with E-state index in [0.29, 0.717) is 43.4 Å². The van der Waals surface area contributed by atoms with Crippen molar-refractivity contribution in [2.24, 2.45) is 5.92 Å². The molecule has 214 valence electrons. The van der Waals surface area contributed by atoms with E-state index < -0.39 is 23.0 Å². The van der Waals surface area contributed by atoms with Crippen molar-refractivity contribution in [3.05, 3.63) is 97.9 Å². The van der Waals surface area contributed by atoms with E-state index in [9.17, 15) is 19.2 Å². The highest BCUT2D eigenvalue weighted by Crippen LogP contribution is 2.54. The molecule has 1 fully saturated rings. The molecule has 3 unspecified atom stereocenters. The maximum Gasteiger partial charge on any atom is 0.308 e. The van der Waals surface area contributed by atoms with Gasteiger partial charge in [-0.15, -0.1) is 0 Å². The fourth-order valence-electron chi connectivity index (χ4n) is 5.37. The smallest absolute Gasteiger partial charge is 0.308 e. The number of thioether (sulfide) groups is 1. The normalized spacial score (nSPS) is 19.3. The number of para-hydroxylation sites is 1. The lowest BCUT2D eigenvalue weighted by molar-refractivity contribution is -0.122. The molecule has 3 amide bonds. The number of nitrogens with one attached hydrogen (secondary N) is 1. The number of carbonyl (C=O) groups is 3. The Morgan fingerprint density at radius 3 is 2.33 bits per heavy atom. The first-order valence-electron chi connectivity index (χ1n) is 12.9. The van der Waals surface area contributed by atoms with Crippen LogP contribution >= 0.6 is 34.7 Å². The fourth-order valence-corrected chi connectivity index (χ4v) is 8.27. The second-order valence-corrected chi connectivity index (χ2v) is 12.2. The molecule has 0 saturated carbocycles. The van der Waals surface area contributed by atoms with Crippen LogP contribution in [0.4, 0.5) is 11.4 Å². The van der Waals surface area contributed by atoms with Gasteiger partial charge in [0.05, 0.1) is 30.9 Å². The number of fused-ring (bicyclic) bond motifs is 2. The molecule has 0 bridgehead atoms. The number of hydrogen-bond donors (Lipinski definition) is 1. The maximum absolute atomic E-state index is 14.0. The largest absolute Gasteiger partial charge is 0.493 e. The number of nitrogens with zero attached hydrogens (tertiary/aromatic N) is 2. The van der Waals surface area contributed by atoms with Crippen molar-refractivity contribution in [1.82, 2.24) is 4.57 Å². The highest BCUT2D eigenvalue weighted by molar-refractivity contribution is 8.00. The van der Waals surface area contributed by atoms with E-state index in [1.165, 1.54) is 23.7 Å². The molecule has 0 spiro atoms. The Labute approximate surface area is 254 Å². The molecule has 0 aliphatic carbocycles. The molecule has 3 atom stereocenters. The van der Waals surface area contributed by atoms with Crippen LogP contribution in [0.25, 0.3) is 0 Å². The lowest BCUT2D eigenvalue weighted by Crippen LogP contribution is -2.33. The number of halogens is 1. The van der Waals surface area contributed by atoms with E-state index in [2.05, 4.69) is 5.32 Å². The van der Waals surface area contributed by atoms with Crippen molar-refractivity contribution >= 4 is 63.8 Å². The van der Waals surface area contributed by atoms with E-state index in [-0.39, 0.29) is 23.2 Å². The standard InChI is InChI=1S/C30H24ClN3O6S2/c1-39-20-13-8-16(14-21(20)40-2)23-24-25(28(37)34(27(24)36)19-6-4-3-5-7-19)41-29-26(23)42-30(38)33(29)15-22(35)32-18-11-9-17(31)10-12-18/h3-14,23-25H,15H2,1-2H3,(H,32,35). The van der Waals surface area contributed by atoms with Crippen molar-refractivity contribution in [2.75, 3.05) is 24.4 Å². The molecule has 6 rings (SSSR count). The summed E-state index contributed by atoms with van der Waals surface area (Å²) in [6.07, 6.45) is 0. The van der Waals surface area contributed by atoms with Gasteiger partial charge in [-0.05, 0) is 54.1 Å². The Kier molecular flexibility index (Phi) is 7.56. The molecule has 3 aromatic carbocycles.